The minimum Gasteiger partial charge on any atom is -0.481 e. The monoisotopic (exact) mass is 349 g/mol. The van der Waals surface area contributed by atoms with Crippen LogP contribution in [0.5, 0.6) is 11.5 Å². The van der Waals surface area contributed by atoms with Gasteiger partial charge in [-0.25, -0.2) is 9.67 Å². The second-order valence-corrected chi connectivity index (χ2v) is 5.92. The molecule has 1 N–H and O–H groups in total. The summed E-state index contributed by atoms with van der Waals surface area (Å²) in [6.45, 7) is 1.67. The average Bonchev–Trinajstić information content (AvgIpc) is 3.09. The summed E-state index contributed by atoms with van der Waals surface area (Å²) in [5.74, 6) is -0.249. The molecule has 3 aromatic rings. The zero-order valence-electron chi connectivity index (χ0n) is 13.9. The van der Waals surface area contributed by atoms with Gasteiger partial charge in [-0.3, -0.25) is 4.79 Å². The summed E-state index contributed by atoms with van der Waals surface area (Å²) in [6, 6.07) is 16.0. The number of ether oxygens (including phenoxy) is 1. The Bertz CT molecular complexity index is 983. The Hall–Kier alpha value is -3.55. The maximum Gasteiger partial charge on any atom is 0.314 e. The van der Waals surface area contributed by atoms with Gasteiger partial charge in [0.25, 0.3) is 5.95 Å². The fraction of sp³-hybridized carbons (Fsp3) is 0.167. The van der Waals surface area contributed by atoms with Gasteiger partial charge in [0, 0.05) is 5.71 Å². The Kier molecular flexibility index (Phi) is 3.92. The van der Waals surface area contributed by atoms with Crippen LogP contribution in [-0.2, 0) is 4.79 Å². The van der Waals surface area contributed by atoms with E-state index in [1.807, 2.05) is 48.5 Å². The maximum absolute atomic E-state index is 11.9. The summed E-state index contributed by atoms with van der Waals surface area (Å²) in [7, 11) is 0. The molecule has 0 amide bonds. The van der Waals surface area contributed by atoms with Crippen molar-refractivity contribution in [1.82, 2.24) is 20.2 Å². The Morgan fingerprint density at radius 3 is 2.65 bits per heavy atom. The highest BCUT2D eigenvalue weighted by atomic mass is 16.5. The molecule has 0 saturated carbocycles. The molecule has 0 aliphatic carbocycles. The van der Waals surface area contributed by atoms with Crippen molar-refractivity contribution in [3.63, 3.8) is 0 Å². The third-order valence-corrected chi connectivity index (χ3v) is 4.23. The van der Waals surface area contributed by atoms with Crippen molar-refractivity contribution in [3.05, 3.63) is 60.2 Å². The molecule has 8 heteroatoms. The molecule has 1 aliphatic heterocycles. The number of aromatic nitrogens is 4. The number of hydrogen-bond donors (Lipinski definition) is 1. The lowest BCUT2D eigenvalue weighted by molar-refractivity contribution is -0.140. The fourth-order valence-corrected chi connectivity index (χ4v) is 3.07. The van der Waals surface area contributed by atoms with Crippen molar-refractivity contribution in [1.29, 1.82) is 0 Å². The van der Waals surface area contributed by atoms with E-state index in [1.54, 1.807) is 13.0 Å². The lowest BCUT2D eigenvalue weighted by Crippen LogP contribution is -2.35. The molecule has 2 heterocycles. The van der Waals surface area contributed by atoms with E-state index in [0.29, 0.717) is 23.2 Å². The number of fused-ring (bicyclic) bond motifs is 1. The normalized spacial score (nSPS) is 18.7. The number of para-hydroxylation sites is 1. The minimum absolute atomic E-state index is 0.291. The largest absolute Gasteiger partial charge is 0.481 e. The molecular weight excluding hydrogens is 334 g/mol. The van der Waals surface area contributed by atoms with Crippen molar-refractivity contribution in [2.75, 3.05) is 0 Å². The van der Waals surface area contributed by atoms with Crippen LogP contribution in [0.25, 0.3) is 0 Å². The molecule has 2 unspecified atom stereocenters. The highest BCUT2D eigenvalue weighted by Crippen LogP contribution is 2.36. The average molecular weight is 349 g/mol. The summed E-state index contributed by atoms with van der Waals surface area (Å²) in [6.07, 6.45) is 0. The van der Waals surface area contributed by atoms with E-state index in [1.165, 1.54) is 4.68 Å². The third kappa shape index (κ3) is 2.81. The number of hydrogen-bond acceptors (Lipinski definition) is 6. The Labute approximate surface area is 148 Å². The van der Waals surface area contributed by atoms with Gasteiger partial charge in [-0.15, -0.1) is 0 Å². The molecular formula is C18H15N5O3. The van der Waals surface area contributed by atoms with Crippen molar-refractivity contribution in [2.45, 2.75) is 13.0 Å². The van der Waals surface area contributed by atoms with Crippen molar-refractivity contribution in [2.24, 2.45) is 10.9 Å². The summed E-state index contributed by atoms with van der Waals surface area (Å²) >= 11 is 0. The molecule has 1 aliphatic rings. The van der Waals surface area contributed by atoms with Gasteiger partial charge in [-0.1, -0.05) is 35.4 Å². The molecule has 130 valence electrons. The third-order valence-electron chi connectivity index (χ3n) is 4.23. The summed E-state index contributed by atoms with van der Waals surface area (Å²) in [4.78, 5) is 16.1. The van der Waals surface area contributed by atoms with Gasteiger partial charge in [-0.2, -0.15) is 0 Å². The van der Waals surface area contributed by atoms with E-state index in [-0.39, 0.29) is 0 Å². The van der Waals surface area contributed by atoms with Crippen LogP contribution in [0.1, 0.15) is 18.5 Å². The zero-order chi connectivity index (χ0) is 18.1. The predicted molar refractivity (Wildman–Crippen MR) is 92.8 cm³/mol. The first-order valence-electron chi connectivity index (χ1n) is 8.02. The van der Waals surface area contributed by atoms with Crippen LogP contribution in [0.3, 0.4) is 0 Å². The number of tetrazole rings is 1. The number of carboxylic acid groups (broad SMARTS) is 1. The second kappa shape index (κ2) is 6.40. The van der Waals surface area contributed by atoms with Gasteiger partial charge in [0.15, 0.2) is 0 Å². The number of nitrogens with zero attached hydrogens (tertiary/aromatic N) is 5. The molecule has 4 rings (SSSR count). The first-order chi connectivity index (χ1) is 12.6. The van der Waals surface area contributed by atoms with Crippen LogP contribution >= 0.6 is 0 Å². The molecule has 26 heavy (non-hydrogen) atoms. The number of benzene rings is 2. The molecule has 2 aromatic carbocycles. The highest BCUT2D eigenvalue weighted by Gasteiger charge is 2.39. The first kappa shape index (κ1) is 15.9. The van der Waals surface area contributed by atoms with Crippen LogP contribution in [0.2, 0.25) is 0 Å². The zero-order valence-corrected chi connectivity index (χ0v) is 13.9. The first-order valence-corrected chi connectivity index (χ1v) is 8.02. The fourth-order valence-electron chi connectivity index (χ4n) is 3.07. The molecule has 0 fully saturated rings. The maximum atomic E-state index is 11.9. The van der Waals surface area contributed by atoms with Gasteiger partial charge in [0.05, 0.1) is 0 Å². The van der Waals surface area contributed by atoms with Gasteiger partial charge < -0.3 is 9.84 Å². The van der Waals surface area contributed by atoms with Crippen molar-refractivity contribution < 1.29 is 14.6 Å². The lowest BCUT2D eigenvalue weighted by Gasteiger charge is -2.27. The predicted octanol–water partition coefficient (Wildman–Crippen LogP) is 2.86. The molecule has 0 bridgehead atoms. The summed E-state index contributed by atoms with van der Waals surface area (Å²) in [5, 5.41) is 21.1. The topological polar surface area (TPSA) is 102 Å². The molecule has 8 nitrogen and oxygen atoms in total. The highest BCUT2D eigenvalue weighted by molar-refractivity contribution is 6.02. The van der Waals surface area contributed by atoms with E-state index < -0.39 is 17.9 Å². The Balaban J connectivity index is 1.75. The van der Waals surface area contributed by atoms with Crippen LogP contribution in [0, 0.1) is 5.92 Å². The lowest BCUT2D eigenvalue weighted by atomic mass is 9.88. The SMILES string of the molecule is CC1=Nc2nnnn2C(c2cccc(Oc3ccccc3)c2)C1C(=O)O. The number of rotatable bonds is 4. The summed E-state index contributed by atoms with van der Waals surface area (Å²) in [5.41, 5.74) is 1.19. The quantitative estimate of drug-likeness (QED) is 0.777. The van der Waals surface area contributed by atoms with Gasteiger partial charge in [0.1, 0.15) is 23.5 Å². The number of aliphatic imine (C=N–C) groups is 1. The molecule has 0 spiro atoms. The molecule has 1 aromatic heterocycles. The van der Waals surface area contributed by atoms with E-state index in [4.69, 9.17) is 4.74 Å². The van der Waals surface area contributed by atoms with E-state index in [0.717, 1.165) is 5.56 Å². The minimum atomic E-state index is -0.980. The van der Waals surface area contributed by atoms with E-state index >= 15 is 0 Å². The number of carboxylic acids is 1. The van der Waals surface area contributed by atoms with Gasteiger partial charge >= 0.3 is 5.97 Å². The second-order valence-electron chi connectivity index (χ2n) is 5.92. The smallest absolute Gasteiger partial charge is 0.314 e. The van der Waals surface area contributed by atoms with Crippen LogP contribution < -0.4 is 4.74 Å². The Morgan fingerprint density at radius 1 is 1.12 bits per heavy atom. The molecule has 2 atom stereocenters. The van der Waals surface area contributed by atoms with Crippen LogP contribution in [0.15, 0.2) is 59.6 Å². The van der Waals surface area contributed by atoms with Crippen molar-refractivity contribution >= 4 is 17.6 Å². The van der Waals surface area contributed by atoms with E-state index in [9.17, 15) is 9.90 Å². The summed E-state index contributed by atoms with van der Waals surface area (Å²) < 4.78 is 7.30. The van der Waals surface area contributed by atoms with Gasteiger partial charge in [0.2, 0.25) is 0 Å². The number of aliphatic carboxylic acids is 1. The van der Waals surface area contributed by atoms with Crippen LogP contribution in [0.4, 0.5) is 5.95 Å². The van der Waals surface area contributed by atoms with Crippen molar-refractivity contribution in [3.8, 4) is 11.5 Å². The van der Waals surface area contributed by atoms with Crippen LogP contribution in [-0.4, -0.2) is 37.0 Å². The number of carbonyl (C=O) groups is 1. The Morgan fingerprint density at radius 2 is 1.88 bits per heavy atom. The molecule has 0 radical (unpaired) electrons. The van der Waals surface area contributed by atoms with E-state index in [2.05, 4.69) is 20.5 Å². The molecule has 0 saturated heterocycles. The van der Waals surface area contributed by atoms with Gasteiger partial charge in [-0.05, 0) is 47.2 Å². The standard InChI is InChI=1S/C18H15N5O3/c1-11-15(17(24)25)16(23-18(19-11)20-21-22-23)12-6-5-9-14(10-12)26-13-7-3-2-4-8-13/h2-10,15-16H,1H3,(H,24,25).